The van der Waals surface area contributed by atoms with Crippen molar-refractivity contribution in [1.82, 2.24) is 5.48 Å². The van der Waals surface area contributed by atoms with Crippen LogP contribution in [0.4, 0.5) is 0 Å². The molecule has 0 radical (unpaired) electrons. The lowest BCUT2D eigenvalue weighted by atomic mass is 10.9. The predicted molar refractivity (Wildman–Crippen MR) is 34.6 cm³/mol. The zero-order chi connectivity index (χ0) is 8.04. The highest BCUT2D eigenvalue weighted by Gasteiger charge is 2.24. The standard InChI is InChI=1S/C3H11N2O4P/c1-3-7-10(6,8-4)9-5-2/h5H,3-4H2,1-2H3. The number of hydroxylamine groups is 1. The zero-order valence-corrected chi connectivity index (χ0v) is 6.76. The number of rotatable bonds is 5. The van der Waals surface area contributed by atoms with E-state index in [0.29, 0.717) is 0 Å². The van der Waals surface area contributed by atoms with Crippen molar-refractivity contribution in [2.24, 2.45) is 5.90 Å². The van der Waals surface area contributed by atoms with Crippen LogP contribution in [-0.4, -0.2) is 13.7 Å². The van der Waals surface area contributed by atoms with Crippen molar-refractivity contribution in [3.8, 4) is 0 Å². The molecule has 1 unspecified atom stereocenters. The second-order valence-electron chi connectivity index (χ2n) is 1.27. The van der Waals surface area contributed by atoms with Gasteiger partial charge in [0.25, 0.3) is 0 Å². The van der Waals surface area contributed by atoms with E-state index >= 15 is 0 Å². The van der Waals surface area contributed by atoms with Crippen LogP contribution in [0.2, 0.25) is 0 Å². The third kappa shape index (κ3) is 3.26. The molecule has 10 heavy (non-hydrogen) atoms. The summed E-state index contributed by atoms with van der Waals surface area (Å²) in [5.41, 5.74) is 2.15. The summed E-state index contributed by atoms with van der Waals surface area (Å²) in [6, 6.07) is 0. The summed E-state index contributed by atoms with van der Waals surface area (Å²) in [7, 11) is -2.11. The van der Waals surface area contributed by atoms with E-state index in [0.717, 1.165) is 0 Å². The van der Waals surface area contributed by atoms with E-state index < -0.39 is 7.82 Å². The summed E-state index contributed by atoms with van der Waals surface area (Å²) < 4.78 is 23.8. The Hall–Kier alpha value is 0.0300. The Kier molecular flexibility index (Phi) is 4.80. The first-order valence-electron chi connectivity index (χ1n) is 2.67. The maximum Gasteiger partial charge on any atom is 0.507 e. The molecule has 0 aromatic carbocycles. The van der Waals surface area contributed by atoms with Crippen molar-refractivity contribution in [2.75, 3.05) is 13.7 Å². The van der Waals surface area contributed by atoms with Crippen LogP contribution >= 0.6 is 7.82 Å². The topological polar surface area (TPSA) is 82.8 Å². The van der Waals surface area contributed by atoms with Crippen molar-refractivity contribution < 1.29 is 18.3 Å². The molecule has 0 saturated carbocycles. The maximum absolute atomic E-state index is 10.9. The SMILES string of the molecule is CCOP(=O)(ON)ONC. The Morgan fingerprint density at radius 1 is 1.70 bits per heavy atom. The van der Waals surface area contributed by atoms with Gasteiger partial charge < -0.3 is 0 Å². The quantitative estimate of drug-likeness (QED) is 0.452. The van der Waals surface area contributed by atoms with E-state index in [1.807, 2.05) is 0 Å². The number of hydrogen-bond donors (Lipinski definition) is 2. The molecule has 0 saturated heterocycles. The summed E-state index contributed by atoms with van der Waals surface area (Å²) in [6.45, 7) is 1.85. The van der Waals surface area contributed by atoms with E-state index in [1.54, 1.807) is 6.92 Å². The molecular weight excluding hydrogens is 159 g/mol. The van der Waals surface area contributed by atoms with Gasteiger partial charge in [0, 0.05) is 7.05 Å². The molecule has 0 fully saturated rings. The molecule has 3 N–H and O–H groups in total. The average molecular weight is 170 g/mol. The highest BCUT2D eigenvalue weighted by atomic mass is 31.2. The van der Waals surface area contributed by atoms with Crippen LogP contribution in [0.25, 0.3) is 0 Å². The largest absolute Gasteiger partial charge is 0.507 e. The van der Waals surface area contributed by atoms with Crippen LogP contribution in [0.3, 0.4) is 0 Å². The first-order chi connectivity index (χ1) is 4.68. The van der Waals surface area contributed by atoms with Crippen LogP contribution in [0.15, 0.2) is 0 Å². The predicted octanol–water partition coefficient (Wildman–Crippen LogP) is 0.172. The third-order valence-corrected chi connectivity index (χ3v) is 1.86. The monoisotopic (exact) mass is 170 g/mol. The molecule has 7 heteroatoms. The van der Waals surface area contributed by atoms with E-state index in [2.05, 4.69) is 25.1 Å². The summed E-state index contributed by atoms with van der Waals surface area (Å²) in [6.07, 6.45) is 0. The number of phosphoric acid groups is 1. The van der Waals surface area contributed by atoms with E-state index in [9.17, 15) is 4.57 Å². The molecule has 0 aliphatic heterocycles. The van der Waals surface area contributed by atoms with Gasteiger partial charge in [0.1, 0.15) is 0 Å². The van der Waals surface area contributed by atoms with Crippen LogP contribution in [-0.2, 0) is 18.3 Å². The van der Waals surface area contributed by atoms with E-state index in [4.69, 9.17) is 0 Å². The molecule has 0 rings (SSSR count). The lowest BCUT2D eigenvalue weighted by Crippen LogP contribution is -2.11. The molecule has 0 spiro atoms. The Balaban J connectivity index is 3.83. The first-order valence-corrected chi connectivity index (χ1v) is 4.13. The molecule has 0 bridgehead atoms. The van der Waals surface area contributed by atoms with Crippen molar-refractivity contribution >= 4 is 7.82 Å². The summed E-state index contributed by atoms with van der Waals surface area (Å²) in [4.78, 5) is 0. The Morgan fingerprint density at radius 2 is 2.30 bits per heavy atom. The van der Waals surface area contributed by atoms with Gasteiger partial charge in [-0.15, -0.1) is 0 Å². The van der Waals surface area contributed by atoms with E-state index in [1.165, 1.54) is 7.05 Å². The minimum atomic E-state index is -3.53. The Morgan fingerprint density at radius 3 is 2.60 bits per heavy atom. The number of nitrogens with one attached hydrogen (secondary N) is 1. The molecule has 62 valence electrons. The first kappa shape index (κ1) is 10.0. The molecule has 0 aliphatic rings. The smallest absolute Gasteiger partial charge is 0.285 e. The molecule has 0 aromatic heterocycles. The Bertz CT molecular complexity index is 120. The van der Waals surface area contributed by atoms with E-state index in [-0.39, 0.29) is 6.61 Å². The van der Waals surface area contributed by atoms with Crippen LogP contribution in [0.5, 0.6) is 0 Å². The lowest BCUT2D eigenvalue weighted by Gasteiger charge is -2.11. The summed E-state index contributed by atoms with van der Waals surface area (Å²) in [5, 5.41) is 0. The molecule has 0 heterocycles. The second kappa shape index (κ2) is 4.79. The fraction of sp³-hybridized carbons (Fsp3) is 1.00. The minimum absolute atomic E-state index is 0.205. The Labute approximate surface area is 59.2 Å². The average Bonchev–Trinajstić information content (AvgIpc) is 1.89. The summed E-state index contributed by atoms with van der Waals surface area (Å²) >= 11 is 0. The number of hydrogen-bond acceptors (Lipinski definition) is 6. The maximum atomic E-state index is 10.9. The molecule has 1 atom stereocenters. The lowest BCUT2D eigenvalue weighted by molar-refractivity contribution is 0.0840. The molecule has 0 amide bonds. The van der Waals surface area contributed by atoms with Gasteiger partial charge in [0.05, 0.1) is 6.61 Å². The van der Waals surface area contributed by atoms with Crippen LogP contribution < -0.4 is 11.4 Å². The number of nitrogens with two attached hydrogens (primary N) is 1. The van der Waals surface area contributed by atoms with Gasteiger partial charge in [0.2, 0.25) is 0 Å². The molecule has 0 aliphatic carbocycles. The van der Waals surface area contributed by atoms with Gasteiger partial charge in [-0.25, -0.2) is 10.5 Å². The highest BCUT2D eigenvalue weighted by molar-refractivity contribution is 7.48. The molecule has 0 aromatic rings. The summed E-state index contributed by atoms with van der Waals surface area (Å²) in [5.74, 6) is 4.63. The fourth-order valence-corrected chi connectivity index (χ4v) is 1.04. The second-order valence-corrected chi connectivity index (χ2v) is 2.81. The van der Waals surface area contributed by atoms with Crippen molar-refractivity contribution in [3.05, 3.63) is 0 Å². The van der Waals surface area contributed by atoms with Gasteiger partial charge in [-0.1, -0.05) is 0 Å². The van der Waals surface area contributed by atoms with Gasteiger partial charge >= 0.3 is 7.82 Å². The highest BCUT2D eigenvalue weighted by Crippen LogP contribution is 2.45. The zero-order valence-electron chi connectivity index (χ0n) is 5.86. The van der Waals surface area contributed by atoms with Crippen LogP contribution in [0.1, 0.15) is 6.92 Å². The fourth-order valence-electron chi connectivity index (χ4n) is 0.348. The minimum Gasteiger partial charge on any atom is -0.285 e. The molecule has 6 nitrogen and oxygen atoms in total. The molecular formula is C3H11N2O4P. The van der Waals surface area contributed by atoms with Crippen molar-refractivity contribution in [2.45, 2.75) is 6.92 Å². The van der Waals surface area contributed by atoms with Gasteiger partial charge in [-0.05, 0) is 6.92 Å². The van der Waals surface area contributed by atoms with Crippen LogP contribution in [0, 0.1) is 0 Å². The third-order valence-electron chi connectivity index (χ3n) is 0.619. The van der Waals surface area contributed by atoms with Gasteiger partial charge in [-0.2, -0.15) is 14.7 Å². The van der Waals surface area contributed by atoms with Gasteiger partial charge in [-0.3, -0.25) is 4.52 Å². The van der Waals surface area contributed by atoms with Crippen molar-refractivity contribution in [1.29, 1.82) is 0 Å². The normalized spacial score (nSPS) is 16.7. The van der Waals surface area contributed by atoms with Crippen molar-refractivity contribution in [3.63, 3.8) is 0 Å². The van der Waals surface area contributed by atoms with Gasteiger partial charge in [0.15, 0.2) is 0 Å².